The summed E-state index contributed by atoms with van der Waals surface area (Å²) in [5.74, 6) is -1.25. The van der Waals surface area contributed by atoms with Gasteiger partial charge in [0.15, 0.2) is 0 Å². The molecule has 0 aromatic rings. The molecule has 0 aromatic heterocycles. The maximum Gasteiger partial charge on any atom is 0.342 e. The van der Waals surface area contributed by atoms with Crippen LogP contribution in [-0.4, -0.2) is 34.6 Å². The van der Waals surface area contributed by atoms with Crippen LogP contribution in [0.15, 0.2) is 28.8 Å². The Balaban J connectivity index is 2.35. The van der Waals surface area contributed by atoms with Gasteiger partial charge in [-0.2, -0.15) is 0 Å². The highest BCUT2D eigenvalue weighted by atomic mass is 16.4. The van der Waals surface area contributed by atoms with E-state index in [0.717, 1.165) is 0 Å². The number of fused-ring (bicyclic) bond motifs is 1. The molecule has 1 amide bonds. The summed E-state index contributed by atoms with van der Waals surface area (Å²) in [5, 5.41) is 11.4. The Morgan fingerprint density at radius 3 is 3.14 bits per heavy atom. The predicted octanol–water partition coefficient (Wildman–Crippen LogP) is -0.730. The Labute approximate surface area is 79.2 Å². The molecule has 2 aliphatic heterocycles. The van der Waals surface area contributed by atoms with Crippen LogP contribution in [0.1, 0.15) is 0 Å². The standard InChI is InChI=1S/C8H7N3O3/c12-7-5(8(13)14)3-10-6-4-9-1-2-11(6)7/h1,3-4,10H,2H2,(H,13,14). The first kappa shape index (κ1) is 8.49. The van der Waals surface area contributed by atoms with Crippen molar-refractivity contribution in [1.29, 1.82) is 0 Å². The Hall–Kier alpha value is -2.11. The summed E-state index contributed by atoms with van der Waals surface area (Å²) in [6, 6.07) is 0. The summed E-state index contributed by atoms with van der Waals surface area (Å²) in [6.45, 7) is 0.294. The molecule has 0 bridgehead atoms. The van der Waals surface area contributed by atoms with E-state index in [1.807, 2.05) is 0 Å². The van der Waals surface area contributed by atoms with Crippen LogP contribution in [0.2, 0.25) is 0 Å². The molecular weight excluding hydrogens is 186 g/mol. The van der Waals surface area contributed by atoms with Crippen molar-refractivity contribution >= 4 is 18.1 Å². The SMILES string of the molecule is O=C(O)C1=CNC2=CN=CCN2C1=O. The first-order chi connectivity index (χ1) is 6.70. The monoisotopic (exact) mass is 193 g/mol. The van der Waals surface area contributed by atoms with E-state index >= 15 is 0 Å². The third kappa shape index (κ3) is 1.17. The summed E-state index contributed by atoms with van der Waals surface area (Å²) in [6.07, 6.45) is 4.18. The lowest BCUT2D eigenvalue weighted by atomic mass is 10.2. The van der Waals surface area contributed by atoms with Crippen molar-refractivity contribution in [3.8, 4) is 0 Å². The van der Waals surface area contributed by atoms with Gasteiger partial charge in [0.1, 0.15) is 11.4 Å². The van der Waals surface area contributed by atoms with Crippen molar-refractivity contribution in [3.63, 3.8) is 0 Å². The molecule has 2 rings (SSSR count). The summed E-state index contributed by atoms with van der Waals surface area (Å²) < 4.78 is 0. The van der Waals surface area contributed by atoms with Crippen molar-refractivity contribution in [2.45, 2.75) is 0 Å². The second-order valence-corrected chi connectivity index (χ2v) is 2.77. The lowest BCUT2D eigenvalue weighted by molar-refractivity contribution is -0.137. The highest BCUT2D eigenvalue weighted by Gasteiger charge is 2.30. The molecule has 0 atom stereocenters. The van der Waals surface area contributed by atoms with Crippen LogP contribution in [0, 0.1) is 0 Å². The Morgan fingerprint density at radius 1 is 1.64 bits per heavy atom. The molecule has 0 radical (unpaired) electrons. The molecule has 0 aromatic carbocycles. The first-order valence-electron chi connectivity index (χ1n) is 3.94. The van der Waals surface area contributed by atoms with E-state index < -0.39 is 11.9 Å². The van der Waals surface area contributed by atoms with Gasteiger partial charge in [0, 0.05) is 12.4 Å². The van der Waals surface area contributed by atoms with Gasteiger partial charge in [-0.1, -0.05) is 0 Å². The van der Waals surface area contributed by atoms with Crippen molar-refractivity contribution in [3.05, 3.63) is 23.8 Å². The third-order valence-electron chi connectivity index (χ3n) is 1.93. The fraction of sp³-hybridized carbons (Fsp3) is 0.125. The number of aliphatic carboxylic acids is 1. The quantitative estimate of drug-likeness (QED) is 0.538. The van der Waals surface area contributed by atoms with Crippen molar-refractivity contribution in [2.75, 3.05) is 6.54 Å². The number of rotatable bonds is 1. The van der Waals surface area contributed by atoms with Gasteiger partial charge >= 0.3 is 5.97 Å². The molecule has 14 heavy (non-hydrogen) atoms. The van der Waals surface area contributed by atoms with Crippen molar-refractivity contribution in [2.24, 2.45) is 4.99 Å². The minimum absolute atomic E-state index is 0.266. The van der Waals surface area contributed by atoms with E-state index in [-0.39, 0.29) is 5.57 Å². The highest BCUT2D eigenvalue weighted by molar-refractivity contribution is 6.16. The summed E-state index contributed by atoms with van der Waals surface area (Å²) >= 11 is 0. The number of carbonyl (C=O) groups excluding carboxylic acids is 1. The van der Waals surface area contributed by atoms with Crippen LogP contribution in [-0.2, 0) is 9.59 Å². The minimum Gasteiger partial charge on any atom is -0.477 e. The Kier molecular flexibility index (Phi) is 1.81. The van der Waals surface area contributed by atoms with Gasteiger partial charge in [-0.3, -0.25) is 14.7 Å². The molecule has 2 N–H and O–H groups in total. The molecule has 0 saturated heterocycles. The van der Waals surface area contributed by atoms with Gasteiger partial charge in [0.2, 0.25) is 0 Å². The zero-order chi connectivity index (χ0) is 10.1. The fourth-order valence-electron chi connectivity index (χ4n) is 1.23. The van der Waals surface area contributed by atoms with E-state index in [9.17, 15) is 9.59 Å². The highest BCUT2D eigenvalue weighted by Crippen LogP contribution is 2.14. The van der Waals surface area contributed by atoms with Crippen LogP contribution in [0.5, 0.6) is 0 Å². The van der Waals surface area contributed by atoms with Gasteiger partial charge < -0.3 is 10.4 Å². The second-order valence-electron chi connectivity index (χ2n) is 2.77. The van der Waals surface area contributed by atoms with E-state index in [0.29, 0.717) is 12.4 Å². The number of carboxylic acids is 1. The smallest absolute Gasteiger partial charge is 0.342 e. The maximum atomic E-state index is 11.5. The number of carboxylic acid groups (broad SMARTS) is 1. The molecule has 0 aliphatic carbocycles. The molecule has 2 heterocycles. The van der Waals surface area contributed by atoms with E-state index in [1.165, 1.54) is 23.5 Å². The van der Waals surface area contributed by atoms with Gasteiger partial charge in [-0.05, 0) is 0 Å². The molecule has 0 fully saturated rings. The van der Waals surface area contributed by atoms with Crippen LogP contribution < -0.4 is 5.32 Å². The zero-order valence-corrected chi connectivity index (χ0v) is 7.10. The van der Waals surface area contributed by atoms with Crippen molar-refractivity contribution in [1.82, 2.24) is 10.2 Å². The average molecular weight is 193 g/mol. The number of carbonyl (C=O) groups is 2. The molecule has 6 heteroatoms. The summed E-state index contributed by atoms with van der Waals surface area (Å²) in [5.41, 5.74) is -0.266. The summed E-state index contributed by atoms with van der Waals surface area (Å²) in [7, 11) is 0. The van der Waals surface area contributed by atoms with Crippen LogP contribution in [0.4, 0.5) is 0 Å². The largest absolute Gasteiger partial charge is 0.477 e. The van der Waals surface area contributed by atoms with Gasteiger partial charge in [0.25, 0.3) is 5.91 Å². The van der Waals surface area contributed by atoms with E-state index in [2.05, 4.69) is 10.3 Å². The number of nitrogens with zero attached hydrogens (tertiary/aromatic N) is 2. The fourth-order valence-corrected chi connectivity index (χ4v) is 1.23. The molecule has 0 saturated carbocycles. The Bertz CT molecular complexity index is 395. The lowest BCUT2D eigenvalue weighted by Gasteiger charge is -2.28. The number of aliphatic imine (C=N–C) groups is 1. The molecule has 2 aliphatic rings. The van der Waals surface area contributed by atoms with Crippen LogP contribution >= 0.6 is 0 Å². The third-order valence-corrected chi connectivity index (χ3v) is 1.93. The minimum atomic E-state index is -1.23. The molecule has 0 spiro atoms. The van der Waals surface area contributed by atoms with Gasteiger partial charge in [-0.25, -0.2) is 4.79 Å². The predicted molar refractivity (Wildman–Crippen MR) is 47.1 cm³/mol. The summed E-state index contributed by atoms with van der Waals surface area (Å²) in [4.78, 5) is 27.3. The molecule has 72 valence electrons. The lowest BCUT2D eigenvalue weighted by Crippen LogP contribution is -2.44. The van der Waals surface area contributed by atoms with Crippen molar-refractivity contribution < 1.29 is 14.7 Å². The molecule has 6 nitrogen and oxygen atoms in total. The normalized spacial score (nSPS) is 19.4. The van der Waals surface area contributed by atoms with Gasteiger partial charge in [0.05, 0.1) is 12.7 Å². The second kappa shape index (κ2) is 2.99. The maximum absolute atomic E-state index is 11.5. The number of amides is 1. The van der Waals surface area contributed by atoms with Gasteiger partial charge in [-0.15, -0.1) is 0 Å². The number of nitrogens with one attached hydrogen (secondary N) is 1. The van der Waals surface area contributed by atoms with Crippen LogP contribution in [0.25, 0.3) is 0 Å². The first-order valence-corrected chi connectivity index (χ1v) is 3.94. The zero-order valence-electron chi connectivity index (χ0n) is 7.10. The van der Waals surface area contributed by atoms with Crippen LogP contribution in [0.3, 0.4) is 0 Å². The number of hydrogen-bond acceptors (Lipinski definition) is 4. The Morgan fingerprint density at radius 2 is 2.43 bits per heavy atom. The average Bonchev–Trinajstić information content (AvgIpc) is 2.18. The van der Waals surface area contributed by atoms with E-state index in [4.69, 9.17) is 5.11 Å². The molecular formula is C8H7N3O3. The molecule has 0 unspecified atom stereocenters. The number of hydrogen-bond donors (Lipinski definition) is 2. The van der Waals surface area contributed by atoms with E-state index in [1.54, 1.807) is 0 Å². The topological polar surface area (TPSA) is 82.0 Å².